The molecular weight excluding hydrogens is 164 g/mol. The van der Waals surface area contributed by atoms with E-state index in [1.807, 2.05) is 0 Å². The van der Waals surface area contributed by atoms with E-state index in [9.17, 15) is 0 Å². The van der Waals surface area contributed by atoms with Gasteiger partial charge in [-0.05, 0) is 13.0 Å². The number of nitrogens with one attached hydrogen (secondary N) is 1. The summed E-state index contributed by atoms with van der Waals surface area (Å²) < 4.78 is 2.26. The van der Waals surface area contributed by atoms with Crippen LogP contribution in [0.25, 0.3) is 0 Å². The first-order chi connectivity index (χ1) is 6.42. The molecule has 4 nitrogen and oxygen atoms in total. The number of likely N-dealkylation sites (N-methyl/N-ethyl adjacent to an activating group) is 1. The highest BCUT2D eigenvalue weighted by Crippen LogP contribution is 2.13. The molecule has 0 saturated heterocycles. The summed E-state index contributed by atoms with van der Waals surface area (Å²) in [4.78, 5) is 0. The van der Waals surface area contributed by atoms with Crippen LogP contribution < -0.4 is 5.32 Å². The van der Waals surface area contributed by atoms with E-state index in [1.54, 1.807) is 0 Å². The van der Waals surface area contributed by atoms with Crippen LogP contribution in [-0.2, 0) is 19.4 Å². The van der Waals surface area contributed by atoms with Gasteiger partial charge in [-0.1, -0.05) is 6.92 Å². The topological polar surface area (TPSA) is 42.7 Å². The van der Waals surface area contributed by atoms with E-state index in [0.29, 0.717) is 0 Å². The van der Waals surface area contributed by atoms with Crippen LogP contribution in [0.5, 0.6) is 0 Å². The van der Waals surface area contributed by atoms with Crippen LogP contribution in [0.15, 0.2) is 0 Å². The maximum Gasteiger partial charge on any atom is 0.134 e. The minimum atomic E-state index is 1.00. The van der Waals surface area contributed by atoms with E-state index in [4.69, 9.17) is 0 Å². The number of fused-ring (bicyclic) bond motifs is 1. The van der Waals surface area contributed by atoms with Crippen molar-refractivity contribution in [2.75, 3.05) is 13.1 Å². The third-order valence-electron chi connectivity index (χ3n) is 2.46. The van der Waals surface area contributed by atoms with Crippen LogP contribution in [0, 0.1) is 0 Å². The molecule has 0 atom stereocenters. The molecule has 0 bridgehead atoms. The highest BCUT2D eigenvalue weighted by Gasteiger charge is 2.16. The molecule has 1 aliphatic rings. The molecular formula is C9H16N4. The van der Waals surface area contributed by atoms with Gasteiger partial charge in [0.05, 0.1) is 0 Å². The molecule has 0 aromatic carbocycles. The van der Waals surface area contributed by atoms with Crippen molar-refractivity contribution in [3.63, 3.8) is 0 Å². The second-order valence-electron chi connectivity index (χ2n) is 3.39. The summed E-state index contributed by atoms with van der Waals surface area (Å²) in [6.07, 6.45) is 3.34. The second kappa shape index (κ2) is 3.87. The number of aryl methyl sites for hydroxylation is 1. The summed E-state index contributed by atoms with van der Waals surface area (Å²) in [6, 6.07) is 0. The van der Waals surface area contributed by atoms with Gasteiger partial charge >= 0.3 is 0 Å². The SMILES string of the molecule is CCNCCc1nnc2n1CCC2. The summed E-state index contributed by atoms with van der Waals surface area (Å²) in [7, 11) is 0. The normalized spacial score (nSPS) is 14.8. The molecule has 0 aliphatic carbocycles. The van der Waals surface area contributed by atoms with Crippen LogP contribution in [0.2, 0.25) is 0 Å². The van der Waals surface area contributed by atoms with Gasteiger partial charge in [0, 0.05) is 25.9 Å². The maximum atomic E-state index is 4.18. The minimum absolute atomic E-state index is 1.00. The second-order valence-corrected chi connectivity index (χ2v) is 3.39. The summed E-state index contributed by atoms with van der Waals surface area (Å²) in [6.45, 7) is 5.27. The first-order valence-corrected chi connectivity index (χ1v) is 5.03. The number of rotatable bonds is 4. The molecule has 0 spiro atoms. The van der Waals surface area contributed by atoms with E-state index >= 15 is 0 Å². The van der Waals surface area contributed by atoms with Crippen molar-refractivity contribution in [3.8, 4) is 0 Å². The standard InChI is InChI=1S/C9H16N4/c1-2-10-6-5-9-12-11-8-4-3-7-13(8)9/h10H,2-7H2,1H3. The minimum Gasteiger partial charge on any atom is -0.317 e. The predicted octanol–water partition coefficient (Wildman–Crippen LogP) is 0.376. The zero-order valence-corrected chi connectivity index (χ0v) is 8.08. The van der Waals surface area contributed by atoms with E-state index in [0.717, 1.165) is 38.3 Å². The lowest BCUT2D eigenvalue weighted by atomic mass is 10.4. The fourth-order valence-corrected chi connectivity index (χ4v) is 1.77. The molecule has 1 aromatic heterocycles. The monoisotopic (exact) mass is 180 g/mol. The van der Waals surface area contributed by atoms with Crippen molar-refractivity contribution < 1.29 is 0 Å². The average molecular weight is 180 g/mol. The Morgan fingerprint density at radius 2 is 2.38 bits per heavy atom. The molecule has 2 heterocycles. The zero-order chi connectivity index (χ0) is 9.10. The van der Waals surface area contributed by atoms with Crippen LogP contribution in [0.1, 0.15) is 25.0 Å². The van der Waals surface area contributed by atoms with Crippen molar-refractivity contribution >= 4 is 0 Å². The van der Waals surface area contributed by atoms with Gasteiger partial charge in [0.2, 0.25) is 0 Å². The quantitative estimate of drug-likeness (QED) is 0.681. The Bertz CT molecular complexity index is 279. The smallest absolute Gasteiger partial charge is 0.134 e. The van der Waals surface area contributed by atoms with E-state index in [2.05, 4.69) is 27.0 Å². The maximum absolute atomic E-state index is 4.18. The van der Waals surface area contributed by atoms with Gasteiger partial charge in [-0.2, -0.15) is 0 Å². The van der Waals surface area contributed by atoms with Crippen molar-refractivity contribution in [2.24, 2.45) is 0 Å². The molecule has 13 heavy (non-hydrogen) atoms. The lowest BCUT2D eigenvalue weighted by molar-refractivity contribution is 0.642. The lowest BCUT2D eigenvalue weighted by Gasteiger charge is -2.02. The molecule has 1 aliphatic heterocycles. The van der Waals surface area contributed by atoms with Gasteiger partial charge in [-0.3, -0.25) is 0 Å². The number of nitrogens with zero attached hydrogens (tertiary/aromatic N) is 3. The van der Waals surface area contributed by atoms with Crippen LogP contribution in [0.3, 0.4) is 0 Å². The third kappa shape index (κ3) is 1.72. The lowest BCUT2D eigenvalue weighted by Crippen LogP contribution is -2.18. The van der Waals surface area contributed by atoms with Gasteiger partial charge in [-0.15, -0.1) is 10.2 Å². The van der Waals surface area contributed by atoms with Gasteiger partial charge in [0.15, 0.2) is 0 Å². The summed E-state index contributed by atoms with van der Waals surface area (Å²) in [5.41, 5.74) is 0. The Balaban J connectivity index is 1.96. The Labute approximate surface area is 78.4 Å². The van der Waals surface area contributed by atoms with Crippen LogP contribution >= 0.6 is 0 Å². The summed E-state index contributed by atoms with van der Waals surface area (Å²) in [5.74, 6) is 2.32. The molecule has 0 radical (unpaired) electrons. The first-order valence-electron chi connectivity index (χ1n) is 5.03. The first kappa shape index (κ1) is 8.69. The van der Waals surface area contributed by atoms with Gasteiger partial charge in [-0.25, -0.2) is 0 Å². The van der Waals surface area contributed by atoms with E-state index in [-0.39, 0.29) is 0 Å². The van der Waals surface area contributed by atoms with Crippen molar-refractivity contribution in [1.82, 2.24) is 20.1 Å². The molecule has 72 valence electrons. The summed E-state index contributed by atoms with van der Waals surface area (Å²) >= 11 is 0. The highest BCUT2D eigenvalue weighted by molar-refractivity contribution is 5.00. The molecule has 0 saturated carbocycles. The van der Waals surface area contributed by atoms with Crippen LogP contribution in [0.4, 0.5) is 0 Å². The molecule has 4 heteroatoms. The van der Waals surface area contributed by atoms with Crippen molar-refractivity contribution in [1.29, 1.82) is 0 Å². The van der Waals surface area contributed by atoms with Crippen molar-refractivity contribution in [3.05, 3.63) is 11.6 Å². The van der Waals surface area contributed by atoms with Gasteiger partial charge < -0.3 is 9.88 Å². The molecule has 1 N–H and O–H groups in total. The molecule has 0 fully saturated rings. The Morgan fingerprint density at radius 3 is 3.23 bits per heavy atom. The highest BCUT2D eigenvalue weighted by atomic mass is 15.3. The molecule has 1 aromatic rings. The van der Waals surface area contributed by atoms with Gasteiger partial charge in [0.1, 0.15) is 11.6 Å². The van der Waals surface area contributed by atoms with Crippen molar-refractivity contribution in [2.45, 2.75) is 32.7 Å². The number of hydrogen-bond acceptors (Lipinski definition) is 3. The van der Waals surface area contributed by atoms with E-state index < -0.39 is 0 Å². The molecule has 0 unspecified atom stereocenters. The Morgan fingerprint density at radius 1 is 1.46 bits per heavy atom. The Hall–Kier alpha value is -0.900. The number of hydrogen-bond donors (Lipinski definition) is 1. The molecule has 2 rings (SSSR count). The van der Waals surface area contributed by atoms with E-state index in [1.165, 1.54) is 12.2 Å². The average Bonchev–Trinajstić information content (AvgIpc) is 2.68. The largest absolute Gasteiger partial charge is 0.317 e. The zero-order valence-electron chi connectivity index (χ0n) is 8.08. The third-order valence-corrected chi connectivity index (χ3v) is 2.46. The fourth-order valence-electron chi connectivity index (χ4n) is 1.77. The summed E-state index contributed by atoms with van der Waals surface area (Å²) in [5, 5.41) is 11.6. The molecule has 0 amide bonds. The van der Waals surface area contributed by atoms with Crippen LogP contribution in [-0.4, -0.2) is 27.9 Å². The fraction of sp³-hybridized carbons (Fsp3) is 0.778. The Kier molecular flexibility index (Phi) is 2.59. The van der Waals surface area contributed by atoms with Gasteiger partial charge in [0.25, 0.3) is 0 Å². The predicted molar refractivity (Wildman–Crippen MR) is 50.6 cm³/mol. The number of aromatic nitrogens is 3.